The fraction of sp³-hybridized carbons (Fsp3) is 0.500. The molecule has 0 saturated carbocycles. The van der Waals surface area contributed by atoms with Gasteiger partial charge in [0.25, 0.3) is 0 Å². The Balaban J connectivity index is 1.94. The molecule has 1 aliphatic rings. The molecule has 0 atom stereocenters. The van der Waals surface area contributed by atoms with Crippen molar-refractivity contribution in [3.8, 4) is 0 Å². The van der Waals surface area contributed by atoms with Crippen LogP contribution in [-0.2, 0) is 4.79 Å². The summed E-state index contributed by atoms with van der Waals surface area (Å²) in [7, 11) is 0. The van der Waals surface area contributed by atoms with Crippen LogP contribution in [0.15, 0.2) is 18.3 Å². The summed E-state index contributed by atoms with van der Waals surface area (Å²) in [6, 6.07) is 3.70. The number of Topliss-reactive ketones (excluding diaryl/α,β-unsaturated/α-hetero) is 2. The predicted molar refractivity (Wildman–Crippen MR) is 73.6 cm³/mol. The molecule has 1 aromatic rings. The molecular weight excluding hydrogens is 242 g/mol. The maximum absolute atomic E-state index is 11.2. The van der Waals surface area contributed by atoms with Crippen molar-refractivity contribution in [1.29, 1.82) is 0 Å². The third-order valence-electron chi connectivity index (χ3n) is 3.30. The number of hydrogen-bond acceptors (Lipinski definition) is 5. The molecule has 0 radical (unpaired) electrons. The Kier molecular flexibility index (Phi) is 4.27. The second-order valence-electron chi connectivity index (χ2n) is 4.93. The summed E-state index contributed by atoms with van der Waals surface area (Å²) in [5.41, 5.74) is 0.638. The zero-order chi connectivity index (χ0) is 13.8. The van der Waals surface area contributed by atoms with Crippen molar-refractivity contribution >= 4 is 17.4 Å². The number of piperazine rings is 1. The molecule has 2 rings (SSSR count). The van der Waals surface area contributed by atoms with E-state index in [1.807, 2.05) is 12.1 Å². The van der Waals surface area contributed by atoms with E-state index < -0.39 is 0 Å². The van der Waals surface area contributed by atoms with Gasteiger partial charge in [0.1, 0.15) is 11.6 Å². The van der Waals surface area contributed by atoms with Crippen LogP contribution in [0.1, 0.15) is 24.2 Å². The number of pyridine rings is 1. The number of rotatable bonds is 4. The minimum atomic E-state index is 0.0327. The molecule has 5 nitrogen and oxygen atoms in total. The summed E-state index contributed by atoms with van der Waals surface area (Å²) < 4.78 is 0. The Morgan fingerprint density at radius 2 is 1.84 bits per heavy atom. The van der Waals surface area contributed by atoms with Gasteiger partial charge in [-0.1, -0.05) is 0 Å². The van der Waals surface area contributed by atoms with Crippen LogP contribution < -0.4 is 4.90 Å². The van der Waals surface area contributed by atoms with Crippen LogP contribution >= 0.6 is 0 Å². The average Bonchev–Trinajstić information content (AvgIpc) is 2.39. The molecule has 0 unspecified atom stereocenters. The number of hydrogen-bond donors (Lipinski definition) is 0. The van der Waals surface area contributed by atoms with Crippen molar-refractivity contribution in [1.82, 2.24) is 9.88 Å². The minimum Gasteiger partial charge on any atom is -0.354 e. The number of ketones is 2. The SMILES string of the molecule is CC(=O)CN1CCN(c2ccc(C(C)=O)cn2)CC1. The molecule has 102 valence electrons. The lowest BCUT2D eigenvalue weighted by Gasteiger charge is -2.34. The molecule has 5 heteroatoms. The van der Waals surface area contributed by atoms with Gasteiger partial charge in [-0.15, -0.1) is 0 Å². The van der Waals surface area contributed by atoms with E-state index in [-0.39, 0.29) is 11.6 Å². The summed E-state index contributed by atoms with van der Waals surface area (Å²) >= 11 is 0. The number of nitrogens with zero attached hydrogens (tertiary/aromatic N) is 3. The lowest BCUT2D eigenvalue weighted by molar-refractivity contribution is -0.118. The van der Waals surface area contributed by atoms with Crippen LogP contribution in [0.25, 0.3) is 0 Å². The van der Waals surface area contributed by atoms with Crippen LogP contribution in [0.2, 0.25) is 0 Å². The fourth-order valence-electron chi connectivity index (χ4n) is 2.23. The van der Waals surface area contributed by atoms with E-state index in [1.165, 1.54) is 6.92 Å². The first-order valence-electron chi connectivity index (χ1n) is 6.50. The zero-order valence-corrected chi connectivity index (χ0v) is 11.4. The summed E-state index contributed by atoms with van der Waals surface area (Å²) in [5, 5.41) is 0. The summed E-state index contributed by atoms with van der Waals surface area (Å²) in [4.78, 5) is 30.9. The first-order valence-corrected chi connectivity index (χ1v) is 6.50. The summed E-state index contributed by atoms with van der Waals surface area (Å²) in [6.07, 6.45) is 1.62. The van der Waals surface area contributed by atoms with Crippen LogP contribution in [0.5, 0.6) is 0 Å². The van der Waals surface area contributed by atoms with Crippen molar-refractivity contribution < 1.29 is 9.59 Å². The molecule has 0 aliphatic carbocycles. The van der Waals surface area contributed by atoms with E-state index in [0.29, 0.717) is 12.1 Å². The molecule has 1 aliphatic heterocycles. The number of carbonyl (C=O) groups excluding carboxylic acids is 2. The highest BCUT2D eigenvalue weighted by Crippen LogP contribution is 2.14. The molecule has 1 fully saturated rings. The van der Waals surface area contributed by atoms with Gasteiger partial charge in [0.15, 0.2) is 5.78 Å². The van der Waals surface area contributed by atoms with Gasteiger partial charge in [-0.3, -0.25) is 14.5 Å². The molecule has 19 heavy (non-hydrogen) atoms. The predicted octanol–water partition coefficient (Wildman–Crippen LogP) is 0.995. The lowest BCUT2D eigenvalue weighted by Crippen LogP contribution is -2.48. The second-order valence-corrected chi connectivity index (χ2v) is 4.93. The van der Waals surface area contributed by atoms with E-state index in [0.717, 1.165) is 32.0 Å². The van der Waals surface area contributed by atoms with Crippen LogP contribution in [0.3, 0.4) is 0 Å². The van der Waals surface area contributed by atoms with Gasteiger partial charge in [0.2, 0.25) is 0 Å². The standard InChI is InChI=1S/C14H19N3O2/c1-11(18)10-16-5-7-17(8-6-16)14-4-3-13(9-15-14)12(2)19/h3-4,9H,5-8,10H2,1-2H3. The van der Waals surface area contributed by atoms with E-state index in [9.17, 15) is 9.59 Å². The average molecular weight is 261 g/mol. The van der Waals surface area contributed by atoms with Gasteiger partial charge in [0, 0.05) is 37.9 Å². The molecule has 0 aromatic carbocycles. The minimum absolute atomic E-state index is 0.0327. The van der Waals surface area contributed by atoms with Crippen molar-refractivity contribution in [3.63, 3.8) is 0 Å². The van der Waals surface area contributed by atoms with Crippen molar-refractivity contribution in [3.05, 3.63) is 23.9 Å². The van der Waals surface area contributed by atoms with Crippen molar-refractivity contribution in [2.45, 2.75) is 13.8 Å². The van der Waals surface area contributed by atoms with Gasteiger partial charge in [-0.25, -0.2) is 4.98 Å². The molecule has 0 N–H and O–H groups in total. The molecule has 2 heterocycles. The number of aromatic nitrogens is 1. The first-order chi connectivity index (χ1) is 9.06. The Labute approximate surface area is 113 Å². The highest BCUT2D eigenvalue weighted by molar-refractivity contribution is 5.93. The van der Waals surface area contributed by atoms with Gasteiger partial charge >= 0.3 is 0 Å². The molecular formula is C14H19N3O2. The van der Waals surface area contributed by atoms with Crippen LogP contribution in [0.4, 0.5) is 5.82 Å². The van der Waals surface area contributed by atoms with E-state index in [4.69, 9.17) is 0 Å². The van der Waals surface area contributed by atoms with Crippen LogP contribution in [0, 0.1) is 0 Å². The topological polar surface area (TPSA) is 53.5 Å². The van der Waals surface area contributed by atoms with Gasteiger partial charge in [-0.2, -0.15) is 0 Å². The summed E-state index contributed by atoms with van der Waals surface area (Å²) in [6.45, 7) is 7.15. The van der Waals surface area contributed by atoms with E-state index in [2.05, 4.69) is 14.8 Å². The maximum Gasteiger partial charge on any atom is 0.161 e. The maximum atomic E-state index is 11.2. The van der Waals surface area contributed by atoms with Crippen LogP contribution in [-0.4, -0.2) is 54.2 Å². The normalized spacial score (nSPS) is 16.4. The van der Waals surface area contributed by atoms with E-state index >= 15 is 0 Å². The van der Waals surface area contributed by atoms with E-state index in [1.54, 1.807) is 13.1 Å². The molecule has 0 bridgehead atoms. The van der Waals surface area contributed by atoms with Gasteiger partial charge in [-0.05, 0) is 26.0 Å². The number of carbonyl (C=O) groups is 2. The van der Waals surface area contributed by atoms with Gasteiger partial charge in [0.05, 0.1) is 6.54 Å². The highest BCUT2D eigenvalue weighted by Gasteiger charge is 2.18. The molecule has 1 aromatic heterocycles. The molecule has 1 saturated heterocycles. The Morgan fingerprint density at radius 1 is 1.16 bits per heavy atom. The first kappa shape index (κ1) is 13.7. The second kappa shape index (κ2) is 5.93. The third kappa shape index (κ3) is 3.61. The highest BCUT2D eigenvalue weighted by atomic mass is 16.1. The number of anilines is 1. The van der Waals surface area contributed by atoms with Crippen molar-refractivity contribution in [2.75, 3.05) is 37.6 Å². The third-order valence-corrected chi connectivity index (χ3v) is 3.30. The van der Waals surface area contributed by atoms with Crippen molar-refractivity contribution in [2.24, 2.45) is 0 Å². The molecule has 0 amide bonds. The quantitative estimate of drug-likeness (QED) is 0.757. The Morgan fingerprint density at radius 3 is 2.32 bits per heavy atom. The Hall–Kier alpha value is -1.75. The largest absolute Gasteiger partial charge is 0.354 e. The fourth-order valence-corrected chi connectivity index (χ4v) is 2.23. The Bertz CT molecular complexity index is 462. The lowest BCUT2D eigenvalue weighted by atomic mass is 10.2. The molecule has 0 spiro atoms. The van der Waals surface area contributed by atoms with Gasteiger partial charge < -0.3 is 4.90 Å². The summed E-state index contributed by atoms with van der Waals surface area (Å²) in [5.74, 6) is 1.13. The smallest absolute Gasteiger partial charge is 0.161 e. The monoisotopic (exact) mass is 261 g/mol. The zero-order valence-electron chi connectivity index (χ0n) is 11.4.